The number of anilines is 1. The molecule has 1 aliphatic rings. The van der Waals surface area contributed by atoms with Gasteiger partial charge < -0.3 is 10.6 Å². The maximum absolute atomic E-state index is 11.9. The van der Waals surface area contributed by atoms with Crippen LogP contribution < -0.4 is 5.73 Å². The van der Waals surface area contributed by atoms with Gasteiger partial charge in [-0.1, -0.05) is 26.0 Å². The first kappa shape index (κ1) is 13.9. The Balaban J connectivity index is 1.83. The zero-order valence-electron chi connectivity index (χ0n) is 11.9. The molecular formula is C16H24N2O. The van der Waals surface area contributed by atoms with Gasteiger partial charge in [0.05, 0.1) is 0 Å². The number of hydrogen-bond acceptors (Lipinski definition) is 2. The molecule has 2 N–H and O–H groups in total. The molecule has 104 valence electrons. The van der Waals surface area contributed by atoms with Gasteiger partial charge in [0, 0.05) is 24.7 Å². The Hall–Kier alpha value is -1.51. The van der Waals surface area contributed by atoms with E-state index in [0.29, 0.717) is 11.8 Å². The summed E-state index contributed by atoms with van der Waals surface area (Å²) in [5.74, 6) is 1.11. The minimum absolute atomic E-state index is 0.119. The van der Waals surface area contributed by atoms with Crippen molar-refractivity contribution < 1.29 is 4.79 Å². The van der Waals surface area contributed by atoms with Crippen molar-refractivity contribution in [3.63, 3.8) is 0 Å². The van der Waals surface area contributed by atoms with Crippen LogP contribution in [-0.2, 0) is 11.2 Å². The van der Waals surface area contributed by atoms with Gasteiger partial charge in [0.2, 0.25) is 5.91 Å². The lowest BCUT2D eigenvalue weighted by molar-refractivity contribution is -0.135. The van der Waals surface area contributed by atoms with Gasteiger partial charge >= 0.3 is 0 Å². The molecule has 1 fully saturated rings. The number of carbonyl (C=O) groups is 1. The number of hydrogen-bond donors (Lipinski definition) is 1. The smallest absolute Gasteiger partial charge is 0.225 e. The molecule has 0 aromatic heterocycles. The number of nitrogen functional groups attached to an aromatic ring is 1. The second-order valence-electron chi connectivity index (χ2n) is 5.87. The van der Waals surface area contributed by atoms with Crippen molar-refractivity contribution in [2.24, 2.45) is 11.8 Å². The fourth-order valence-corrected chi connectivity index (χ4v) is 2.71. The molecule has 3 heteroatoms. The van der Waals surface area contributed by atoms with Crippen LogP contribution in [-0.4, -0.2) is 23.9 Å². The molecule has 0 spiro atoms. The van der Waals surface area contributed by atoms with E-state index in [9.17, 15) is 4.79 Å². The van der Waals surface area contributed by atoms with E-state index in [2.05, 4.69) is 12.1 Å². The molecule has 1 aromatic rings. The van der Waals surface area contributed by atoms with Crippen LogP contribution in [0.1, 0.15) is 32.3 Å². The first-order valence-electron chi connectivity index (χ1n) is 7.19. The lowest BCUT2D eigenvalue weighted by Gasteiger charge is -2.33. The van der Waals surface area contributed by atoms with E-state index >= 15 is 0 Å². The molecular weight excluding hydrogens is 236 g/mol. The third-order valence-corrected chi connectivity index (χ3v) is 3.92. The maximum Gasteiger partial charge on any atom is 0.225 e. The first-order valence-corrected chi connectivity index (χ1v) is 7.19. The minimum Gasteiger partial charge on any atom is -0.399 e. The number of nitrogens with zero attached hydrogens (tertiary/aromatic N) is 1. The number of rotatable bonds is 3. The van der Waals surface area contributed by atoms with Crippen molar-refractivity contribution in [2.45, 2.75) is 33.1 Å². The SMILES string of the molecule is CC(C)C(=O)N1CCC(Cc2ccc(N)cc2)CC1. The second-order valence-corrected chi connectivity index (χ2v) is 5.87. The normalized spacial score (nSPS) is 16.9. The lowest BCUT2D eigenvalue weighted by Crippen LogP contribution is -2.40. The van der Waals surface area contributed by atoms with Crippen LogP contribution in [0.3, 0.4) is 0 Å². The topological polar surface area (TPSA) is 46.3 Å². The highest BCUT2D eigenvalue weighted by Gasteiger charge is 2.24. The molecule has 0 unspecified atom stereocenters. The van der Waals surface area contributed by atoms with Crippen LogP contribution >= 0.6 is 0 Å². The summed E-state index contributed by atoms with van der Waals surface area (Å²) in [6.45, 7) is 5.78. The number of amides is 1. The second kappa shape index (κ2) is 6.09. The quantitative estimate of drug-likeness (QED) is 0.849. The Morgan fingerprint density at radius 1 is 1.26 bits per heavy atom. The predicted molar refractivity (Wildman–Crippen MR) is 78.7 cm³/mol. The fraction of sp³-hybridized carbons (Fsp3) is 0.562. The van der Waals surface area contributed by atoms with Crippen molar-refractivity contribution in [1.29, 1.82) is 0 Å². The summed E-state index contributed by atoms with van der Waals surface area (Å²) in [7, 11) is 0. The minimum atomic E-state index is 0.119. The van der Waals surface area contributed by atoms with Gasteiger partial charge in [-0.05, 0) is 42.9 Å². The highest BCUT2D eigenvalue weighted by atomic mass is 16.2. The lowest BCUT2D eigenvalue weighted by atomic mass is 9.90. The Labute approximate surface area is 115 Å². The van der Waals surface area contributed by atoms with E-state index in [0.717, 1.165) is 38.0 Å². The summed E-state index contributed by atoms with van der Waals surface area (Å²) in [5.41, 5.74) is 7.87. The van der Waals surface area contributed by atoms with Gasteiger partial charge in [-0.3, -0.25) is 4.79 Å². The van der Waals surface area contributed by atoms with Crippen LogP contribution in [0.2, 0.25) is 0 Å². The first-order chi connectivity index (χ1) is 9.06. The average Bonchev–Trinajstić information content (AvgIpc) is 2.41. The average molecular weight is 260 g/mol. The number of likely N-dealkylation sites (tertiary alicyclic amines) is 1. The predicted octanol–water partition coefficient (Wildman–Crippen LogP) is 2.71. The Morgan fingerprint density at radius 2 is 1.84 bits per heavy atom. The molecule has 0 atom stereocenters. The molecule has 2 rings (SSSR count). The number of nitrogens with two attached hydrogens (primary N) is 1. The van der Waals surface area contributed by atoms with Crippen molar-refractivity contribution >= 4 is 11.6 Å². The van der Waals surface area contributed by atoms with Crippen molar-refractivity contribution in [3.05, 3.63) is 29.8 Å². The van der Waals surface area contributed by atoms with Crippen LogP contribution in [0.25, 0.3) is 0 Å². The third kappa shape index (κ3) is 3.72. The van der Waals surface area contributed by atoms with Crippen molar-refractivity contribution in [1.82, 2.24) is 4.90 Å². The fourth-order valence-electron chi connectivity index (χ4n) is 2.71. The zero-order chi connectivity index (χ0) is 13.8. The van der Waals surface area contributed by atoms with Gasteiger partial charge in [0.25, 0.3) is 0 Å². The van der Waals surface area contributed by atoms with Crippen LogP contribution in [0.4, 0.5) is 5.69 Å². The molecule has 3 nitrogen and oxygen atoms in total. The van der Waals surface area contributed by atoms with Crippen molar-refractivity contribution in [3.8, 4) is 0 Å². The summed E-state index contributed by atoms with van der Waals surface area (Å²) in [6, 6.07) is 8.15. The van der Waals surface area contributed by atoms with E-state index in [1.807, 2.05) is 30.9 Å². The van der Waals surface area contributed by atoms with Crippen molar-refractivity contribution in [2.75, 3.05) is 18.8 Å². The van der Waals surface area contributed by atoms with Crippen LogP contribution in [0.5, 0.6) is 0 Å². The Kier molecular flexibility index (Phi) is 4.46. The molecule has 0 radical (unpaired) electrons. The number of carbonyl (C=O) groups excluding carboxylic acids is 1. The van der Waals surface area contributed by atoms with Crippen LogP contribution in [0, 0.1) is 11.8 Å². The summed E-state index contributed by atoms with van der Waals surface area (Å²) in [4.78, 5) is 13.9. The molecule has 0 saturated carbocycles. The van der Waals surface area contributed by atoms with E-state index in [1.54, 1.807) is 0 Å². The van der Waals surface area contributed by atoms with Gasteiger partial charge in [-0.2, -0.15) is 0 Å². The van der Waals surface area contributed by atoms with E-state index in [4.69, 9.17) is 5.73 Å². The highest BCUT2D eigenvalue weighted by Crippen LogP contribution is 2.23. The standard InChI is InChI=1S/C16H24N2O/c1-12(2)16(19)18-9-7-14(8-10-18)11-13-3-5-15(17)6-4-13/h3-6,12,14H,7-11,17H2,1-2H3. The highest BCUT2D eigenvalue weighted by molar-refractivity contribution is 5.78. The van der Waals surface area contributed by atoms with E-state index in [1.165, 1.54) is 5.56 Å². The Morgan fingerprint density at radius 3 is 2.37 bits per heavy atom. The van der Waals surface area contributed by atoms with Gasteiger partial charge in [0.1, 0.15) is 0 Å². The summed E-state index contributed by atoms with van der Waals surface area (Å²) in [5, 5.41) is 0. The number of benzene rings is 1. The summed E-state index contributed by atoms with van der Waals surface area (Å²) >= 11 is 0. The largest absolute Gasteiger partial charge is 0.399 e. The molecule has 0 bridgehead atoms. The van der Waals surface area contributed by atoms with Gasteiger partial charge in [0.15, 0.2) is 0 Å². The molecule has 1 saturated heterocycles. The molecule has 1 heterocycles. The molecule has 0 aliphatic carbocycles. The molecule has 1 amide bonds. The summed E-state index contributed by atoms with van der Waals surface area (Å²) < 4.78 is 0. The van der Waals surface area contributed by atoms with Crippen LogP contribution in [0.15, 0.2) is 24.3 Å². The van der Waals surface area contributed by atoms with Gasteiger partial charge in [-0.25, -0.2) is 0 Å². The van der Waals surface area contributed by atoms with E-state index < -0.39 is 0 Å². The molecule has 1 aliphatic heterocycles. The third-order valence-electron chi connectivity index (χ3n) is 3.92. The van der Waals surface area contributed by atoms with E-state index in [-0.39, 0.29) is 5.92 Å². The number of piperidine rings is 1. The maximum atomic E-state index is 11.9. The monoisotopic (exact) mass is 260 g/mol. The zero-order valence-corrected chi connectivity index (χ0v) is 11.9. The Bertz CT molecular complexity index is 417. The molecule has 1 aromatic carbocycles. The summed E-state index contributed by atoms with van der Waals surface area (Å²) in [6.07, 6.45) is 3.33. The molecule has 19 heavy (non-hydrogen) atoms. The van der Waals surface area contributed by atoms with Gasteiger partial charge in [-0.15, -0.1) is 0 Å².